The lowest BCUT2D eigenvalue weighted by atomic mass is 9.93. The fourth-order valence-corrected chi connectivity index (χ4v) is 2.92. The molecule has 0 aliphatic carbocycles. The molecule has 5 heteroatoms. The Labute approximate surface area is 128 Å². The van der Waals surface area contributed by atoms with Gasteiger partial charge in [0.2, 0.25) is 0 Å². The number of rotatable bonds is 3. The third-order valence-electron chi connectivity index (χ3n) is 4.22. The van der Waals surface area contributed by atoms with Crippen LogP contribution in [0.5, 0.6) is 0 Å². The predicted molar refractivity (Wildman–Crippen MR) is 82.4 cm³/mol. The molecule has 0 unspecified atom stereocenters. The van der Waals surface area contributed by atoms with Crippen LogP contribution >= 0.6 is 0 Å². The lowest BCUT2D eigenvalue weighted by molar-refractivity contribution is 0.0155. The molecule has 2 aliphatic heterocycles. The number of carbonyl (C=O) groups excluding carboxylic acids is 1. The van der Waals surface area contributed by atoms with Crippen LogP contribution in [0.4, 0.5) is 4.79 Å². The molecule has 2 saturated heterocycles. The van der Waals surface area contributed by atoms with E-state index in [4.69, 9.17) is 9.47 Å². The normalized spacial score (nSPS) is 22.3. The Hall–Kier alpha value is -0.810. The molecule has 0 atom stereocenters. The molecule has 0 radical (unpaired) electrons. The Bertz CT molecular complexity index is 327. The van der Waals surface area contributed by atoms with Gasteiger partial charge >= 0.3 is 6.09 Å². The number of ether oxygens (including phenoxy) is 2. The zero-order valence-corrected chi connectivity index (χ0v) is 13.8. The molecular weight excluding hydrogens is 268 g/mol. The summed E-state index contributed by atoms with van der Waals surface area (Å²) in [6.07, 6.45) is 3.28. The van der Waals surface area contributed by atoms with Crippen molar-refractivity contribution in [3.63, 3.8) is 0 Å². The number of piperidine rings is 1. The summed E-state index contributed by atoms with van der Waals surface area (Å²) >= 11 is 0. The predicted octanol–water partition coefficient (Wildman–Crippen LogP) is 2.36. The SMILES string of the molecule is CC(C)(C)OC(=O)N1CCC(CCN2CCOCC2)CC1. The molecule has 0 saturated carbocycles. The molecule has 2 aliphatic rings. The van der Waals surface area contributed by atoms with Crippen molar-refractivity contribution in [2.24, 2.45) is 5.92 Å². The van der Waals surface area contributed by atoms with Crippen LogP contribution in [0.25, 0.3) is 0 Å². The van der Waals surface area contributed by atoms with Crippen molar-refractivity contribution in [3.8, 4) is 0 Å². The van der Waals surface area contributed by atoms with Gasteiger partial charge in [-0.25, -0.2) is 4.79 Å². The first-order chi connectivity index (χ1) is 9.94. The number of nitrogens with zero attached hydrogens (tertiary/aromatic N) is 2. The first kappa shape index (κ1) is 16.6. The lowest BCUT2D eigenvalue weighted by Gasteiger charge is -2.34. The summed E-state index contributed by atoms with van der Waals surface area (Å²) in [6, 6.07) is 0. The summed E-state index contributed by atoms with van der Waals surface area (Å²) < 4.78 is 10.8. The summed E-state index contributed by atoms with van der Waals surface area (Å²) in [5.41, 5.74) is -0.399. The van der Waals surface area contributed by atoms with Crippen molar-refractivity contribution < 1.29 is 14.3 Å². The van der Waals surface area contributed by atoms with Gasteiger partial charge in [0.15, 0.2) is 0 Å². The molecule has 122 valence electrons. The van der Waals surface area contributed by atoms with Gasteiger partial charge in [-0.15, -0.1) is 0 Å². The van der Waals surface area contributed by atoms with E-state index in [1.807, 2.05) is 25.7 Å². The van der Waals surface area contributed by atoms with Gasteiger partial charge in [0.25, 0.3) is 0 Å². The minimum Gasteiger partial charge on any atom is -0.444 e. The molecule has 0 aromatic heterocycles. The number of hydrogen-bond donors (Lipinski definition) is 0. The second-order valence-electron chi connectivity index (χ2n) is 7.15. The Morgan fingerprint density at radius 1 is 1.14 bits per heavy atom. The smallest absolute Gasteiger partial charge is 0.410 e. The van der Waals surface area contributed by atoms with Gasteiger partial charge in [-0.05, 0) is 52.5 Å². The van der Waals surface area contributed by atoms with E-state index < -0.39 is 5.60 Å². The van der Waals surface area contributed by atoms with Crippen molar-refractivity contribution >= 4 is 6.09 Å². The van der Waals surface area contributed by atoms with E-state index in [0.29, 0.717) is 0 Å². The molecule has 1 amide bonds. The standard InChI is InChI=1S/C16H30N2O3/c1-16(2,3)21-15(19)18-8-5-14(6-9-18)4-7-17-10-12-20-13-11-17/h14H,4-13H2,1-3H3. The number of likely N-dealkylation sites (tertiary alicyclic amines) is 1. The van der Waals surface area contributed by atoms with Crippen molar-refractivity contribution in [2.45, 2.75) is 45.6 Å². The molecule has 0 aromatic rings. The average Bonchev–Trinajstić information content (AvgIpc) is 2.45. The molecule has 5 nitrogen and oxygen atoms in total. The second-order valence-corrected chi connectivity index (χ2v) is 7.15. The maximum Gasteiger partial charge on any atom is 0.410 e. The lowest BCUT2D eigenvalue weighted by Crippen LogP contribution is -2.42. The van der Waals surface area contributed by atoms with E-state index in [0.717, 1.165) is 58.2 Å². The third kappa shape index (κ3) is 5.83. The van der Waals surface area contributed by atoms with E-state index in [1.54, 1.807) is 0 Å². The summed E-state index contributed by atoms with van der Waals surface area (Å²) in [5, 5.41) is 0. The van der Waals surface area contributed by atoms with Crippen LogP contribution < -0.4 is 0 Å². The fourth-order valence-electron chi connectivity index (χ4n) is 2.92. The van der Waals surface area contributed by atoms with Crippen LogP contribution in [0.15, 0.2) is 0 Å². The molecule has 2 fully saturated rings. The van der Waals surface area contributed by atoms with Crippen LogP contribution in [0, 0.1) is 5.92 Å². The maximum atomic E-state index is 12.0. The van der Waals surface area contributed by atoms with Gasteiger partial charge in [0, 0.05) is 26.2 Å². The molecule has 2 rings (SSSR count). The molecule has 2 heterocycles. The van der Waals surface area contributed by atoms with Gasteiger partial charge < -0.3 is 14.4 Å². The Morgan fingerprint density at radius 3 is 2.33 bits per heavy atom. The minimum atomic E-state index is -0.399. The highest BCUT2D eigenvalue weighted by atomic mass is 16.6. The number of morpholine rings is 1. The van der Waals surface area contributed by atoms with Crippen LogP contribution in [0.3, 0.4) is 0 Å². The van der Waals surface area contributed by atoms with Gasteiger partial charge in [-0.1, -0.05) is 0 Å². The molecule has 21 heavy (non-hydrogen) atoms. The summed E-state index contributed by atoms with van der Waals surface area (Å²) in [5.74, 6) is 0.742. The van der Waals surface area contributed by atoms with Crippen molar-refractivity contribution in [1.82, 2.24) is 9.80 Å². The van der Waals surface area contributed by atoms with Crippen LogP contribution in [0.1, 0.15) is 40.0 Å². The first-order valence-corrected chi connectivity index (χ1v) is 8.22. The molecule has 0 spiro atoms. The van der Waals surface area contributed by atoms with Gasteiger partial charge in [-0.2, -0.15) is 0 Å². The molecule has 0 aromatic carbocycles. The van der Waals surface area contributed by atoms with Gasteiger partial charge in [0.1, 0.15) is 5.60 Å². The van der Waals surface area contributed by atoms with E-state index in [9.17, 15) is 4.79 Å². The van der Waals surface area contributed by atoms with Crippen LogP contribution in [-0.4, -0.2) is 67.4 Å². The summed E-state index contributed by atoms with van der Waals surface area (Å²) in [7, 11) is 0. The Morgan fingerprint density at radius 2 is 1.76 bits per heavy atom. The molecule has 0 N–H and O–H groups in total. The largest absolute Gasteiger partial charge is 0.444 e. The number of carbonyl (C=O) groups is 1. The van der Waals surface area contributed by atoms with Crippen LogP contribution in [-0.2, 0) is 9.47 Å². The van der Waals surface area contributed by atoms with E-state index in [1.165, 1.54) is 13.0 Å². The highest BCUT2D eigenvalue weighted by molar-refractivity contribution is 5.68. The summed E-state index contributed by atoms with van der Waals surface area (Å²) in [6.45, 7) is 12.5. The Balaban J connectivity index is 1.64. The fraction of sp³-hybridized carbons (Fsp3) is 0.938. The van der Waals surface area contributed by atoms with Crippen LogP contribution in [0.2, 0.25) is 0 Å². The maximum absolute atomic E-state index is 12.0. The second kappa shape index (κ2) is 7.45. The van der Waals surface area contributed by atoms with Crippen molar-refractivity contribution in [2.75, 3.05) is 45.9 Å². The number of hydrogen-bond acceptors (Lipinski definition) is 4. The minimum absolute atomic E-state index is 0.158. The van der Waals surface area contributed by atoms with Gasteiger partial charge in [0.05, 0.1) is 13.2 Å². The number of amides is 1. The van der Waals surface area contributed by atoms with E-state index >= 15 is 0 Å². The highest BCUT2D eigenvalue weighted by Gasteiger charge is 2.27. The van der Waals surface area contributed by atoms with Crippen molar-refractivity contribution in [1.29, 1.82) is 0 Å². The third-order valence-corrected chi connectivity index (χ3v) is 4.22. The topological polar surface area (TPSA) is 42.0 Å². The van der Waals surface area contributed by atoms with Gasteiger partial charge in [-0.3, -0.25) is 4.90 Å². The van der Waals surface area contributed by atoms with E-state index in [-0.39, 0.29) is 6.09 Å². The average molecular weight is 298 g/mol. The quantitative estimate of drug-likeness (QED) is 0.802. The molecule has 0 bridgehead atoms. The Kier molecular flexibility index (Phi) is 5.88. The summed E-state index contributed by atoms with van der Waals surface area (Å²) in [4.78, 5) is 16.4. The van der Waals surface area contributed by atoms with Crippen molar-refractivity contribution in [3.05, 3.63) is 0 Å². The monoisotopic (exact) mass is 298 g/mol. The molecular formula is C16H30N2O3. The zero-order chi connectivity index (χ0) is 15.3. The highest BCUT2D eigenvalue weighted by Crippen LogP contribution is 2.22. The first-order valence-electron chi connectivity index (χ1n) is 8.22. The zero-order valence-electron chi connectivity index (χ0n) is 13.8. The van der Waals surface area contributed by atoms with E-state index in [2.05, 4.69) is 4.90 Å².